The molecule has 2 rings (SSSR count). The van der Waals surface area contributed by atoms with Crippen molar-refractivity contribution in [1.29, 1.82) is 0 Å². The first-order valence-corrected chi connectivity index (χ1v) is 5.86. The second-order valence-electron chi connectivity index (χ2n) is 4.14. The maximum atomic E-state index is 13.3. The van der Waals surface area contributed by atoms with Crippen LogP contribution in [-0.4, -0.2) is 30.7 Å². The number of nitrogens with zero attached hydrogens (tertiary/aromatic N) is 1. The van der Waals surface area contributed by atoms with Crippen LogP contribution >= 0.6 is 0 Å². The Labute approximate surface area is 100 Å². The smallest absolute Gasteiger partial charge is 0.224 e. The normalized spacial score (nSPS) is 15.9. The minimum absolute atomic E-state index is 0.0351. The summed E-state index contributed by atoms with van der Waals surface area (Å²) in [6.07, 6.45) is 1.66. The molecule has 0 N–H and O–H groups in total. The summed E-state index contributed by atoms with van der Waals surface area (Å²) >= 11 is 0. The minimum Gasteiger partial charge on any atom is -0.361 e. The Morgan fingerprint density at radius 2 is 2.24 bits per heavy atom. The molecule has 1 aromatic rings. The summed E-state index contributed by atoms with van der Waals surface area (Å²) in [4.78, 5) is 13.5. The summed E-state index contributed by atoms with van der Waals surface area (Å²) in [5.74, 6) is -0.205. The Morgan fingerprint density at radius 1 is 1.41 bits per heavy atom. The van der Waals surface area contributed by atoms with Gasteiger partial charge in [0.25, 0.3) is 0 Å². The lowest BCUT2D eigenvalue weighted by atomic mass is 10.1. The quantitative estimate of drug-likeness (QED) is 0.804. The molecule has 0 radical (unpaired) electrons. The van der Waals surface area contributed by atoms with E-state index in [4.69, 9.17) is 4.74 Å². The van der Waals surface area contributed by atoms with Gasteiger partial charge < -0.3 is 9.64 Å². The van der Waals surface area contributed by atoms with Crippen molar-refractivity contribution in [2.45, 2.75) is 19.3 Å². The summed E-state index contributed by atoms with van der Waals surface area (Å²) in [7, 11) is 0. The average Bonchev–Trinajstić information content (AvgIpc) is 2.38. The number of halogens is 1. The summed E-state index contributed by atoms with van der Waals surface area (Å²) < 4.78 is 18.5. The fourth-order valence-corrected chi connectivity index (χ4v) is 1.89. The molecule has 1 saturated heterocycles. The van der Waals surface area contributed by atoms with Crippen LogP contribution in [0.2, 0.25) is 0 Å². The number of amides is 1. The lowest BCUT2D eigenvalue weighted by molar-refractivity contribution is -0.140. The zero-order valence-electron chi connectivity index (χ0n) is 9.69. The van der Waals surface area contributed by atoms with Crippen LogP contribution in [0.1, 0.15) is 18.4 Å². The maximum absolute atomic E-state index is 13.3. The van der Waals surface area contributed by atoms with Gasteiger partial charge in [-0.05, 0) is 24.5 Å². The number of ether oxygens (including phenoxy) is 1. The van der Waals surface area contributed by atoms with E-state index in [0.717, 1.165) is 19.6 Å². The van der Waals surface area contributed by atoms with Gasteiger partial charge in [0.2, 0.25) is 5.91 Å². The second kappa shape index (κ2) is 5.77. The van der Waals surface area contributed by atoms with E-state index in [1.807, 2.05) is 0 Å². The molecule has 0 aliphatic carbocycles. The molecule has 4 heteroatoms. The molecule has 0 bridgehead atoms. The molecular weight excluding hydrogens is 221 g/mol. The molecule has 1 fully saturated rings. The predicted octanol–water partition coefficient (Wildman–Crippen LogP) is 1.96. The van der Waals surface area contributed by atoms with Crippen LogP contribution in [0, 0.1) is 5.82 Å². The van der Waals surface area contributed by atoms with E-state index in [1.165, 1.54) is 6.07 Å². The van der Waals surface area contributed by atoms with Crippen molar-refractivity contribution in [3.05, 3.63) is 35.6 Å². The predicted molar refractivity (Wildman–Crippen MR) is 61.9 cm³/mol. The van der Waals surface area contributed by atoms with Gasteiger partial charge in [0.05, 0.1) is 6.61 Å². The monoisotopic (exact) mass is 237 g/mol. The third-order valence-electron chi connectivity index (χ3n) is 2.88. The Hall–Kier alpha value is -1.42. The van der Waals surface area contributed by atoms with Gasteiger partial charge in [-0.1, -0.05) is 18.2 Å². The highest BCUT2D eigenvalue weighted by atomic mass is 19.1. The molecule has 1 heterocycles. The van der Waals surface area contributed by atoms with Crippen LogP contribution in [0.25, 0.3) is 0 Å². The molecule has 1 aliphatic rings. The van der Waals surface area contributed by atoms with Crippen molar-refractivity contribution < 1.29 is 13.9 Å². The van der Waals surface area contributed by atoms with Crippen LogP contribution in [0.3, 0.4) is 0 Å². The van der Waals surface area contributed by atoms with Crippen LogP contribution < -0.4 is 0 Å². The Bertz CT molecular complexity index is 389. The number of benzene rings is 1. The average molecular weight is 237 g/mol. The number of hydrogen-bond acceptors (Lipinski definition) is 2. The lowest BCUT2D eigenvalue weighted by Gasteiger charge is -2.26. The molecule has 3 nitrogen and oxygen atoms in total. The highest BCUT2D eigenvalue weighted by Gasteiger charge is 2.16. The molecule has 0 saturated carbocycles. The fraction of sp³-hybridized carbons (Fsp3) is 0.462. The van der Waals surface area contributed by atoms with Crippen molar-refractivity contribution in [2.24, 2.45) is 0 Å². The van der Waals surface area contributed by atoms with Crippen molar-refractivity contribution >= 4 is 5.91 Å². The van der Waals surface area contributed by atoms with E-state index in [0.29, 0.717) is 25.1 Å². The van der Waals surface area contributed by atoms with E-state index < -0.39 is 0 Å². The molecule has 0 unspecified atom stereocenters. The lowest BCUT2D eigenvalue weighted by Crippen LogP contribution is -2.38. The van der Waals surface area contributed by atoms with Gasteiger partial charge in [-0.2, -0.15) is 0 Å². The van der Waals surface area contributed by atoms with Crippen molar-refractivity contribution in [3.63, 3.8) is 0 Å². The molecule has 1 aliphatic heterocycles. The second-order valence-corrected chi connectivity index (χ2v) is 4.14. The van der Waals surface area contributed by atoms with Crippen molar-refractivity contribution in [3.8, 4) is 0 Å². The maximum Gasteiger partial charge on any atom is 0.224 e. The van der Waals surface area contributed by atoms with E-state index in [-0.39, 0.29) is 11.7 Å². The summed E-state index contributed by atoms with van der Waals surface area (Å²) in [6, 6.07) is 6.57. The van der Waals surface area contributed by atoms with Gasteiger partial charge in [-0.25, -0.2) is 4.39 Å². The molecule has 1 amide bonds. The number of aryl methyl sites for hydroxylation is 1. The number of carbonyl (C=O) groups excluding carboxylic acids is 1. The van der Waals surface area contributed by atoms with Crippen molar-refractivity contribution in [1.82, 2.24) is 4.90 Å². The summed E-state index contributed by atoms with van der Waals surface area (Å²) in [6.45, 7) is 1.84. The number of rotatable bonds is 3. The minimum atomic E-state index is -0.241. The summed E-state index contributed by atoms with van der Waals surface area (Å²) in [5.41, 5.74) is 0.596. The van der Waals surface area contributed by atoms with Gasteiger partial charge >= 0.3 is 0 Å². The Morgan fingerprint density at radius 3 is 2.94 bits per heavy atom. The van der Waals surface area contributed by atoms with Gasteiger partial charge in [0, 0.05) is 13.0 Å². The number of carbonyl (C=O) groups is 1. The van der Waals surface area contributed by atoms with Crippen LogP contribution in [0.4, 0.5) is 4.39 Å². The first-order chi connectivity index (χ1) is 8.27. The van der Waals surface area contributed by atoms with E-state index in [2.05, 4.69) is 0 Å². The number of hydrogen-bond donors (Lipinski definition) is 0. The van der Waals surface area contributed by atoms with Gasteiger partial charge in [-0.15, -0.1) is 0 Å². The largest absolute Gasteiger partial charge is 0.361 e. The van der Waals surface area contributed by atoms with Crippen LogP contribution in [-0.2, 0) is 16.0 Å². The molecule has 92 valence electrons. The van der Waals surface area contributed by atoms with E-state index in [1.54, 1.807) is 23.1 Å². The van der Waals surface area contributed by atoms with Gasteiger partial charge in [-0.3, -0.25) is 4.79 Å². The Balaban J connectivity index is 1.85. The topological polar surface area (TPSA) is 29.5 Å². The Kier molecular flexibility index (Phi) is 4.09. The third kappa shape index (κ3) is 3.27. The molecule has 0 aromatic heterocycles. The van der Waals surface area contributed by atoms with Crippen LogP contribution in [0.15, 0.2) is 24.3 Å². The molecule has 0 spiro atoms. The van der Waals surface area contributed by atoms with E-state index >= 15 is 0 Å². The van der Waals surface area contributed by atoms with Crippen molar-refractivity contribution in [2.75, 3.05) is 19.9 Å². The third-order valence-corrected chi connectivity index (χ3v) is 2.88. The highest BCUT2D eigenvalue weighted by Crippen LogP contribution is 2.11. The molecule has 1 aromatic carbocycles. The standard InChI is InChI=1S/C13H16FNO2/c14-12-5-2-1-4-11(12)6-7-13(16)15-8-3-9-17-10-15/h1-2,4-5H,3,6-10H2. The first-order valence-electron chi connectivity index (χ1n) is 5.86. The van der Waals surface area contributed by atoms with E-state index in [9.17, 15) is 9.18 Å². The van der Waals surface area contributed by atoms with Gasteiger partial charge in [0.15, 0.2) is 0 Å². The van der Waals surface area contributed by atoms with Gasteiger partial charge in [0.1, 0.15) is 12.5 Å². The zero-order chi connectivity index (χ0) is 12.1. The zero-order valence-corrected chi connectivity index (χ0v) is 9.69. The molecule has 0 atom stereocenters. The summed E-state index contributed by atoms with van der Waals surface area (Å²) in [5, 5.41) is 0. The SMILES string of the molecule is O=C(CCc1ccccc1F)N1CCCOC1. The molecular formula is C13H16FNO2. The van der Waals surface area contributed by atoms with Crippen LogP contribution in [0.5, 0.6) is 0 Å². The molecule has 17 heavy (non-hydrogen) atoms. The first kappa shape index (κ1) is 12.0. The fourth-order valence-electron chi connectivity index (χ4n) is 1.89. The highest BCUT2D eigenvalue weighted by molar-refractivity contribution is 5.76.